The highest BCUT2D eigenvalue weighted by Gasteiger charge is 2.25. The van der Waals surface area contributed by atoms with Gasteiger partial charge in [-0.1, -0.05) is 0 Å². The summed E-state index contributed by atoms with van der Waals surface area (Å²) in [7, 11) is 1.62. The molecule has 1 saturated carbocycles. The van der Waals surface area contributed by atoms with Crippen molar-refractivity contribution in [3.63, 3.8) is 0 Å². The maximum Gasteiger partial charge on any atom is 0.293 e. The van der Waals surface area contributed by atoms with E-state index in [2.05, 4.69) is 9.97 Å². The van der Waals surface area contributed by atoms with E-state index in [-0.39, 0.29) is 0 Å². The van der Waals surface area contributed by atoms with Crippen molar-refractivity contribution in [2.45, 2.75) is 18.8 Å². The van der Waals surface area contributed by atoms with Crippen molar-refractivity contribution in [2.75, 3.05) is 7.11 Å². The number of H-pyrrole nitrogens is 1. The second-order valence-electron chi connectivity index (χ2n) is 2.62. The van der Waals surface area contributed by atoms with Crippen LogP contribution in [-0.2, 0) is 0 Å². The minimum absolute atomic E-state index is 0.627. The van der Waals surface area contributed by atoms with Crippen LogP contribution in [0.2, 0.25) is 0 Å². The summed E-state index contributed by atoms with van der Waals surface area (Å²) in [5.41, 5.74) is 1.22. The van der Waals surface area contributed by atoms with E-state index in [0.717, 1.165) is 5.92 Å². The second-order valence-corrected chi connectivity index (χ2v) is 2.62. The Morgan fingerprint density at radius 1 is 1.70 bits per heavy atom. The molecule has 0 unspecified atom stereocenters. The molecule has 54 valence electrons. The lowest BCUT2D eigenvalue weighted by Gasteiger charge is -1.89. The van der Waals surface area contributed by atoms with E-state index >= 15 is 0 Å². The number of imidazole rings is 1. The third kappa shape index (κ3) is 0.875. The lowest BCUT2D eigenvalue weighted by molar-refractivity contribution is 0.383. The highest BCUT2D eigenvalue weighted by Crippen LogP contribution is 2.39. The van der Waals surface area contributed by atoms with E-state index in [4.69, 9.17) is 4.74 Å². The molecule has 0 aliphatic heterocycles. The minimum atomic E-state index is 0.627. The lowest BCUT2D eigenvalue weighted by Crippen LogP contribution is -1.84. The molecule has 1 heterocycles. The Balaban J connectivity index is 2.19. The summed E-state index contributed by atoms with van der Waals surface area (Å²) in [6.07, 6.45) is 4.45. The summed E-state index contributed by atoms with van der Waals surface area (Å²) < 4.78 is 4.91. The highest BCUT2D eigenvalue weighted by atomic mass is 16.5. The monoisotopic (exact) mass is 138 g/mol. The van der Waals surface area contributed by atoms with Crippen LogP contribution in [-0.4, -0.2) is 17.1 Å². The first-order chi connectivity index (χ1) is 4.90. The first kappa shape index (κ1) is 5.77. The molecule has 3 heteroatoms. The predicted molar refractivity (Wildman–Crippen MR) is 37.1 cm³/mol. The van der Waals surface area contributed by atoms with E-state index < -0.39 is 0 Å². The molecule has 1 aromatic rings. The molecule has 0 radical (unpaired) electrons. The Kier molecular flexibility index (Phi) is 1.16. The van der Waals surface area contributed by atoms with Crippen molar-refractivity contribution >= 4 is 0 Å². The quantitative estimate of drug-likeness (QED) is 0.668. The topological polar surface area (TPSA) is 37.9 Å². The number of aromatic nitrogens is 2. The number of nitrogens with zero attached hydrogens (tertiary/aromatic N) is 1. The van der Waals surface area contributed by atoms with Gasteiger partial charge in [0.15, 0.2) is 0 Å². The molecule has 0 aromatic carbocycles. The second kappa shape index (κ2) is 2.01. The van der Waals surface area contributed by atoms with Gasteiger partial charge in [-0.25, -0.2) is 4.98 Å². The number of methoxy groups -OCH3 is 1. The summed E-state index contributed by atoms with van der Waals surface area (Å²) >= 11 is 0. The van der Waals surface area contributed by atoms with Crippen molar-refractivity contribution in [1.29, 1.82) is 0 Å². The van der Waals surface area contributed by atoms with Gasteiger partial charge in [0.05, 0.1) is 13.3 Å². The SMILES string of the molecule is COc1ncc(C2CC2)[nH]1. The fourth-order valence-electron chi connectivity index (χ4n) is 1.02. The molecule has 2 rings (SSSR count). The zero-order valence-electron chi connectivity index (χ0n) is 5.92. The van der Waals surface area contributed by atoms with Gasteiger partial charge in [-0.15, -0.1) is 0 Å². The van der Waals surface area contributed by atoms with Crippen molar-refractivity contribution in [3.05, 3.63) is 11.9 Å². The van der Waals surface area contributed by atoms with E-state index in [1.807, 2.05) is 6.20 Å². The minimum Gasteiger partial charge on any atom is -0.468 e. The Morgan fingerprint density at radius 3 is 3.00 bits per heavy atom. The lowest BCUT2D eigenvalue weighted by atomic mass is 10.3. The third-order valence-electron chi connectivity index (χ3n) is 1.78. The first-order valence-corrected chi connectivity index (χ1v) is 3.49. The smallest absolute Gasteiger partial charge is 0.293 e. The standard InChI is InChI=1S/C7H10N2O/c1-10-7-8-4-6(9-7)5-2-3-5/h4-5H,2-3H2,1H3,(H,8,9). The van der Waals surface area contributed by atoms with Crippen LogP contribution in [0, 0.1) is 0 Å². The van der Waals surface area contributed by atoms with E-state index in [0.29, 0.717) is 6.01 Å². The van der Waals surface area contributed by atoms with E-state index in [1.54, 1.807) is 7.11 Å². The van der Waals surface area contributed by atoms with Crippen molar-refractivity contribution < 1.29 is 4.74 Å². The van der Waals surface area contributed by atoms with Crippen molar-refractivity contribution in [1.82, 2.24) is 9.97 Å². The summed E-state index contributed by atoms with van der Waals surface area (Å²) in [5.74, 6) is 0.733. The molecule has 0 spiro atoms. The fourth-order valence-corrected chi connectivity index (χ4v) is 1.02. The van der Waals surface area contributed by atoms with Gasteiger partial charge in [0.1, 0.15) is 0 Å². The maximum atomic E-state index is 4.91. The number of ether oxygens (including phenoxy) is 1. The summed E-state index contributed by atoms with van der Waals surface area (Å²) in [5, 5.41) is 0. The Labute approximate surface area is 59.4 Å². The number of rotatable bonds is 2. The summed E-state index contributed by atoms with van der Waals surface area (Å²) in [6.45, 7) is 0. The van der Waals surface area contributed by atoms with Crippen LogP contribution in [0.15, 0.2) is 6.20 Å². The molecular weight excluding hydrogens is 128 g/mol. The van der Waals surface area contributed by atoms with Crippen LogP contribution in [0.25, 0.3) is 0 Å². The van der Waals surface area contributed by atoms with Gasteiger partial charge in [-0.3, -0.25) is 0 Å². The number of nitrogens with one attached hydrogen (secondary N) is 1. The summed E-state index contributed by atoms with van der Waals surface area (Å²) in [4.78, 5) is 7.11. The van der Waals surface area contributed by atoms with E-state index in [1.165, 1.54) is 18.5 Å². The molecule has 0 amide bonds. The maximum absolute atomic E-state index is 4.91. The highest BCUT2D eigenvalue weighted by molar-refractivity contribution is 5.15. The van der Waals surface area contributed by atoms with Gasteiger partial charge in [0.25, 0.3) is 6.01 Å². The Hall–Kier alpha value is -0.990. The van der Waals surface area contributed by atoms with Crippen LogP contribution in [0.4, 0.5) is 0 Å². The first-order valence-electron chi connectivity index (χ1n) is 3.49. The van der Waals surface area contributed by atoms with Gasteiger partial charge < -0.3 is 9.72 Å². The molecule has 1 aliphatic rings. The van der Waals surface area contributed by atoms with Gasteiger partial charge in [-0.2, -0.15) is 0 Å². The third-order valence-corrected chi connectivity index (χ3v) is 1.78. The Bertz CT molecular complexity index is 227. The summed E-state index contributed by atoms with van der Waals surface area (Å²) in [6, 6.07) is 0.627. The van der Waals surface area contributed by atoms with Gasteiger partial charge in [-0.05, 0) is 12.8 Å². The average Bonchev–Trinajstić information content (AvgIpc) is 2.70. The zero-order valence-corrected chi connectivity index (χ0v) is 5.92. The number of hydrogen-bond acceptors (Lipinski definition) is 2. The fraction of sp³-hybridized carbons (Fsp3) is 0.571. The molecule has 1 N–H and O–H groups in total. The van der Waals surface area contributed by atoms with E-state index in [9.17, 15) is 0 Å². The molecule has 3 nitrogen and oxygen atoms in total. The van der Waals surface area contributed by atoms with Crippen LogP contribution in [0.1, 0.15) is 24.5 Å². The Morgan fingerprint density at radius 2 is 2.50 bits per heavy atom. The largest absolute Gasteiger partial charge is 0.468 e. The number of aromatic amines is 1. The molecule has 0 saturated heterocycles. The molecular formula is C7H10N2O. The molecule has 0 atom stereocenters. The van der Waals surface area contributed by atoms with Crippen LogP contribution < -0.4 is 4.74 Å². The van der Waals surface area contributed by atoms with Crippen molar-refractivity contribution in [2.24, 2.45) is 0 Å². The van der Waals surface area contributed by atoms with Crippen LogP contribution in [0.3, 0.4) is 0 Å². The number of hydrogen-bond donors (Lipinski definition) is 1. The van der Waals surface area contributed by atoms with Gasteiger partial charge in [0.2, 0.25) is 0 Å². The molecule has 1 aromatic heterocycles. The molecule has 10 heavy (non-hydrogen) atoms. The molecule has 1 aliphatic carbocycles. The predicted octanol–water partition coefficient (Wildman–Crippen LogP) is 1.30. The van der Waals surface area contributed by atoms with Gasteiger partial charge in [0, 0.05) is 11.6 Å². The zero-order chi connectivity index (χ0) is 6.97. The average molecular weight is 138 g/mol. The van der Waals surface area contributed by atoms with Gasteiger partial charge >= 0.3 is 0 Å². The molecule has 0 bridgehead atoms. The normalized spacial score (nSPS) is 17.3. The van der Waals surface area contributed by atoms with Crippen LogP contribution in [0.5, 0.6) is 6.01 Å². The molecule has 1 fully saturated rings. The van der Waals surface area contributed by atoms with Crippen molar-refractivity contribution in [3.8, 4) is 6.01 Å². The van der Waals surface area contributed by atoms with Crippen LogP contribution >= 0.6 is 0 Å².